The SMILES string of the molecule is Cn1nc(NC(=O)N2CCCC2)ccc1=O. The average molecular weight is 222 g/mol. The number of nitrogens with one attached hydrogen (secondary N) is 1. The van der Waals surface area contributed by atoms with E-state index in [4.69, 9.17) is 0 Å². The van der Waals surface area contributed by atoms with E-state index in [1.54, 1.807) is 11.9 Å². The van der Waals surface area contributed by atoms with Crippen molar-refractivity contribution < 1.29 is 4.79 Å². The number of rotatable bonds is 1. The molecule has 0 bridgehead atoms. The Bertz CT molecular complexity index is 448. The number of likely N-dealkylation sites (tertiary alicyclic amines) is 1. The fourth-order valence-electron chi connectivity index (χ4n) is 1.68. The van der Waals surface area contributed by atoms with Gasteiger partial charge in [0.1, 0.15) is 0 Å². The fourth-order valence-corrected chi connectivity index (χ4v) is 1.68. The van der Waals surface area contributed by atoms with Gasteiger partial charge in [0.15, 0.2) is 5.82 Å². The van der Waals surface area contributed by atoms with Crippen LogP contribution in [-0.4, -0.2) is 33.8 Å². The molecule has 6 heteroatoms. The number of aryl methyl sites for hydroxylation is 1. The number of urea groups is 1. The third-order valence-electron chi connectivity index (χ3n) is 2.59. The van der Waals surface area contributed by atoms with Crippen molar-refractivity contribution in [3.8, 4) is 0 Å². The van der Waals surface area contributed by atoms with Gasteiger partial charge in [0.2, 0.25) is 0 Å². The first-order valence-corrected chi connectivity index (χ1v) is 5.27. The minimum absolute atomic E-state index is 0.149. The Morgan fingerprint density at radius 2 is 2.06 bits per heavy atom. The number of nitrogens with zero attached hydrogens (tertiary/aromatic N) is 3. The molecule has 0 aromatic carbocycles. The largest absolute Gasteiger partial charge is 0.324 e. The highest BCUT2D eigenvalue weighted by Crippen LogP contribution is 2.09. The first-order valence-electron chi connectivity index (χ1n) is 5.27. The maximum atomic E-state index is 11.7. The summed E-state index contributed by atoms with van der Waals surface area (Å²) in [6.07, 6.45) is 2.10. The van der Waals surface area contributed by atoms with E-state index in [1.165, 1.54) is 16.8 Å². The summed E-state index contributed by atoms with van der Waals surface area (Å²) in [5, 5.41) is 6.60. The minimum Gasteiger partial charge on any atom is -0.324 e. The highest BCUT2D eigenvalue weighted by atomic mass is 16.2. The van der Waals surface area contributed by atoms with Gasteiger partial charge in [0.05, 0.1) is 0 Å². The number of hydrogen-bond donors (Lipinski definition) is 1. The lowest BCUT2D eigenvalue weighted by molar-refractivity contribution is 0.222. The van der Waals surface area contributed by atoms with Crippen molar-refractivity contribution >= 4 is 11.8 Å². The quantitative estimate of drug-likeness (QED) is 0.748. The second kappa shape index (κ2) is 4.34. The third kappa shape index (κ3) is 2.21. The molecule has 0 atom stereocenters. The Morgan fingerprint density at radius 3 is 2.69 bits per heavy atom. The number of carbonyl (C=O) groups is 1. The van der Waals surface area contributed by atoms with Crippen molar-refractivity contribution in [2.24, 2.45) is 7.05 Å². The van der Waals surface area contributed by atoms with E-state index in [1.807, 2.05) is 0 Å². The normalized spacial score (nSPS) is 15.2. The molecule has 6 nitrogen and oxygen atoms in total. The molecule has 2 amide bonds. The van der Waals surface area contributed by atoms with E-state index in [0.717, 1.165) is 25.9 Å². The maximum absolute atomic E-state index is 11.7. The smallest absolute Gasteiger partial charge is 0.323 e. The van der Waals surface area contributed by atoms with E-state index in [0.29, 0.717) is 5.82 Å². The predicted molar refractivity (Wildman–Crippen MR) is 59.3 cm³/mol. The zero-order valence-electron chi connectivity index (χ0n) is 9.14. The van der Waals surface area contributed by atoms with Crippen LogP contribution in [-0.2, 0) is 7.05 Å². The van der Waals surface area contributed by atoms with Crippen molar-refractivity contribution in [3.63, 3.8) is 0 Å². The molecule has 1 N–H and O–H groups in total. The summed E-state index contributed by atoms with van der Waals surface area (Å²) in [6.45, 7) is 1.58. The lowest BCUT2D eigenvalue weighted by Gasteiger charge is -2.15. The summed E-state index contributed by atoms with van der Waals surface area (Å²) < 4.78 is 1.19. The first-order chi connectivity index (χ1) is 7.66. The highest BCUT2D eigenvalue weighted by molar-refractivity contribution is 5.88. The Labute approximate surface area is 92.9 Å². The van der Waals surface area contributed by atoms with E-state index >= 15 is 0 Å². The maximum Gasteiger partial charge on any atom is 0.323 e. The van der Waals surface area contributed by atoms with Crippen molar-refractivity contribution in [1.82, 2.24) is 14.7 Å². The van der Waals surface area contributed by atoms with Gasteiger partial charge in [-0.25, -0.2) is 9.48 Å². The summed E-state index contributed by atoms with van der Waals surface area (Å²) in [4.78, 5) is 24.5. The average Bonchev–Trinajstić information content (AvgIpc) is 2.77. The van der Waals surface area contributed by atoms with Crippen LogP contribution < -0.4 is 10.9 Å². The Balaban J connectivity index is 2.05. The second-order valence-electron chi connectivity index (χ2n) is 3.80. The minimum atomic E-state index is -0.195. The second-order valence-corrected chi connectivity index (χ2v) is 3.80. The molecule has 0 radical (unpaired) electrons. The molecule has 1 fully saturated rings. The van der Waals surface area contributed by atoms with E-state index in [9.17, 15) is 9.59 Å². The van der Waals surface area contributed by atoms with Gasteiger partial charge in [-0.05, 0) is 18.9 Å². The molecule has 1 aromatic rings. The van der Waals surface area contributed by atoms with Crippen LogP contribution in [0.3, 0.4) is 0 Å². The standard InChI is InChI=1S/C10H14N4O2/c1-13-9(15)5-4-8(12-13)11-10(16)14-6-2-3-7-14/h4-5H,2-3,6-7H2,1H3,(H,11,12,16). The predicted octanol–water partition coefficient (Wildman–Crippen LogP) is 0.408. The molecule has 1 aromatic heterocycles. The van der Waals surface area contributed by atoms with Gasteiger partial charge in [-0.1, -0.05) is 0 Å². The lowest BCUT2D eigenvalue weighted by Crippen LogP contribution is -2.33. The molecule has 16 heavy (non-hydrogen) atoms. The molecule has 1 aliphatic rings. The molecular formula is C10H14N4O2. The molecule has 2 heterocycles. The number of amides is 2. The number of aromatic nitrogens is 2. The number of hydrogen-bond acceptors (Lipinski definition) is 3. The van der Waals surface area contributed by atoms with E-state index in [-0.39, 0.29) is 11.6 Å². The fraction of sp³-hybridized carbons (Fsp3) is 0.500. The molecule has 86 valence electrons. The summed E-state index contributed by atoms with van der Waals surface area (Å²) in [7, 11) is 1.55. The van der Waals surface area contributed by atoms with Gasteiger partial charge in [-0.15, -0.1) is 0 Å². The Kier molecular flexibility index (Phi) is 2.89. The van der Waals surface area contributed by atoms with E-state index in [2.05, 4.69) is 10.4 Å². The van der Waals surface area contributed by atoms with Gasteiger partial charge in [-0.3, -0.25) is 10.1 Å². The van der Waals surface area contributed by atoms with Crippen molar-refractivity contribution in [2.45, 2.75) is 12.8 Å². The molecule has 2 rings (SSSR count). The number of carbonyl (C=O) groups excluding carboxylic acids is 1. The van der Waals surface area contributed by atoms with Gasteiger partial charge in [0, 0.05) is 26.2 Å². The third-order valence-corrected chi connectivity index (χ3v) is 2.59. The summed E-state index contributed by atoms with van der Waals surface area (Å²) in [5.41, 5.74) is -0.195. The lowest BCUT2D eigenvalue weighted by atomic mass is 10.4. The topological polar surface area (TPSA) is 67.2 Å². The van der Waals surface area contributed by atoms with Gasteiger partial charge < -0.3 is 4.90 Å². The van der Waals surface area contributed by atoms with Crippen LogP contribution in [0.15, 0.2) is 16.9 Å². The molecule has 0 saturated carbocycles. The van der Waals surface area contributed by atoms with Gasteiger partial charge in [0.25, 0.3) is 5.56 Å². The Morgan fingerprint density at radius 1 is 1.38 bits per heavy atom. The zero-order valence-corrected chi connectivity index (χ0v) is 9.14. The number of anilines is 1. The van der Waals surface area contributed by atoms with Crippen LogP contribution in [0.25, 0.3) is 0 Å². The molecular weight excluding hydrogens is 208 g/mol. The molecule has 0 spiro atoms. The van der Waals surface area contributed by atoms with Crippen molar-refractivity contribution in [3.05, 3.63) is 22.5 Å². The van der Waals surface area contributed by atoms with Crippen molar-refractivity contribution in [2.75, 3.05) is 18.4 Å². The monoisotopic (exact) mass is 222 g/mol. The molecule has 1 saturated heterocycles. The first kappa shape index (κ1) is 10.7. The molecule has 0 aliphatic carbocycles. The zero-order chi connectivity index (χ0) is 11.5. The molecule has 0 unspecified atom stereocenters. The Hall–Kier alpha value is -1.85. The highest BCUT2D eigenvalue weighted by Gasteiger charge is 2.18. The van der Waals surface area contributed by atoms with Crippen LogP contribution >= 0.6 is 0 Å². The summed E-state index contributed by atoms with van der Waals surface area (Å²) >= 11 is 0. The van der Waals surface area contributed by atoms with Crippen molar-refractivity contribution in [1.29, 1.82) is 0 Å². The van der Waals surface area contributed by atoms with Crippen LogP contribution in [0.4, 0.5) is 10.6 Å². The summed E-state index contributed by atoms with van der Waals surface area (Å²) in [5.74, 6) is 0.402. The molecule has 1 aliphatic heterocycles. The summed E-state index contributed by atoms with van der Waals surface area (Å²) in [6, 6.07) is 2.74. The van der Waals surface area contributed by atoms with Crippen LogP contribution in [0.1, 0.15) is 12.8 Å². The van der Waals surface area contributed by atoms with E-state index < -0.39 is 0 Å². The van der Waals surface area contributed by atoms with Gasteiger partial charge in [-0.2, -0.15) is 5.10 Å². The van der Waals surface area contributed by atoms with Crippen LogP contribution in [0, 0.1) is 0 Å². The van der Waals surface area contributed by atoms with Crippen LogP contribution in [0.5, 0.6) is 0 Å². The van der Waals surface area contributed by atoms with Gasteiger partial charge >= 0.3 is 6.03 Å². The van der Waals surface area contributed by atoms with Crippen LogP contribution in [0.2, 0.25) is 0 Å².